The lowest BCUT2D eigenvalue weighted by Gasteiger charge is -2.29. The molecule has 4 aromatic rings. The van der Waals surface area contributed by atoms with Crippen molar-refractivity contribution >= 4 is 34.0 Å². The van der Waals surface area contributed by atoms with E-state index in [0.29, 0.717) is 10.7 Å². The normalized spacial score (nSPS) is 15.4. The average molecular weight is 560 g/mol. The molecule has 0 spiro atoms. The minimum Gasteiger partial charge on any atom is -0.508 e. The van der Waals surface area contributed by atoms with Gasteiger partial charge in [0.15, 0.2) is 5.13 Å². The molecule has 2 aliphatic heterocycles. The molecule has 2 aliphatic rings. The molecule has 0 radical (unpaired) electrons. The zero-order valence-corrected chi connectivity index (χ0v) is 21.7. The minimum atomic E-state index is -1.26. The Labute approximate surface area is 236 Å². The van der Waals surface area contributed by atoms with Crippen molar-refractivity contribution in [1.29, 1.82) is 0 Å². The lowest BCUT2D eigenvalue weighted by Crippen LogP contribution is -2.43. The lowest BCUT2D eigenvalue weighted by molar-refractivity contribution is -0.120. The summed E-state index contributed by atoms with van der Waals surface area (Å²) in [6.45, 7) is 3.98. The van der Waals surface area contributed by atoms with Crippen LogP contribution in [-0.4, -0.2) is 53.0 Å². The number of nitrogens with one attached hydrogen (secondary N) is 2. The van der Waals surface area contributed by atoms with Gasteiger partial charge in [-0.1, -0.05) is 31.7 Å². The summed E-state index contributed by atoms with van der Waals surface area (Å²) in [5, 5.41) is 18.7. The monoisotopic (exact) mass is 559 g/mol. The molecule has 3 aromatic carbocycles. The molecule has 1 atom stereocenters. The summed E-state index contributed by atoms with van der Waals surface area (Å²) >= 11 is 1.22. The fourth-order valence-corrected chi connectivity index (χ4v) is 5.69. The Morgan fingerprint density at radius 2 is 1.80 bits per heavy atom. The van der Waals surface area contributed by atoms with E-state index in [1.165, 1.54) is 22.3 Å². The van der Waals surface area contributed by atoms with Crippen molar-refractivity contribution in [2.45, 2.75) is 20.0 Å². The summed E-state index contributed by atoms with van der Waals surface area (Å²) in [4.78, 5) is 34.9. The van der Waals surface area contributed by atoms with E-state index in [0.717, 1.165) is 60.7 Å². The largest absolute Gasteiger partial charge is 0.508 e. The minimum absolute atomic E-state index is 0. The fraction of sp³-hybridized carbons (Fsp3) is 0.233. The number of thiazole rings is 1. The molecule has 206 valence electrons. The van der Waals surface area contributed by atoms with Crippen LogP contribution < -0.4 is 15.5 Å². The number of hydrogen-bond donors (Lipinski definition) is 3. The Kier molecular flexibility index (Phi) is 7.81. The number of aromatic hydroxyl groups is 1. The van der Waals surface area contributed by atoms with Crippen LogP contribution in [0.2, 0.25) is 0 Å². The van der Waals surface area contributed by atoms with Crippen molar-refractivity contribution in [2.24, 2.45) is 0 Å². The lowest BCUT2D eigenvalue weighted by atomic mass is 10.00. The van der Waals surface area contributed by atoms with E-state index in [1.807, 2.05) is 30.3 Å². The van der Waals surface area contributed by atoms with Crippen molar-refractivity contribution in [3.8, 4) is 16.9 Å². The van der Waals surface area contributed by atoms with Crippen LogP contribution in [0.3, 0.4) is 0 Å². The third-order valence-corrected chi connectivity index (χ3v) is 7.82. The number of halogens is 1. The summed E-state index contributed by atoms with van der Waals surface area (Å²) < 4.78 is 14.2. The summed E-state index contributed by atoms with van der Waals surface area (Å²) in [7, 11) is 0. The van der Waals surface area contributed by atoms with Crippen LogP contribution in [0.1, 0.15) is 35.0 Å². The quantitative estimate of drug-likeness (QED) is 0.306. The van der Waals surface area contributed by atoms with E-state index in [-0.39, 0.29) is 31.2 Å². The number of piperazine rings is 1. The zero-order valence-electron chi connectivity index (χ0n) is 20.9. The van der Waals surface area contributed by atoms with Gasteiger partial charge in [-0.15, -0.1) is 11.3 Å². The van der Waals surface area contributed by atoms with Crippen molar-refractivity contribution in [3.63, 3.8) is 0 Å². The van der Waals surface area contributed by atoms with Gasteiger partial charge in [0.25, 0.3) is 11.8 Å². The van der Waals surface area contributed by atoms with E-state index in [1.54, 1.807) is 11.6 Å². The first-order valence-electron chi connectivity index (χ1n) is 12.7. The van der Waals surface area contributed by atoms with Gasteiger partial charge in [0, 0.05) is 61.1 Å². The van der Waals surface area contributed by atoms with Crippen molar-refractivity contribution in [3.05, 3.63) is 94.7 Å². The highest BCUT2D eigenvalue weighted by molar-refractivity contribution is 7.13. The highest BCUT2D eigenvalue weighted by atomic mass is 32.1. The Balaban J connectivity index is 0.00000323. The second-order valence-electron chi connectivity index (χ2n) is 9.52. The summed E-state index contributed by atoms with van der Waals surface area (Å²) in [6.07, 6.45) is 1.55. The number of anilines is 2. The molecule has 3 heterocycles. The maximum atomic E-state index is 14.2. The Bertz CT molecular complexity index is 1520. The highest BCUT2D eigenvalue weighted by Crippen LogP contribution is 2.38. The van der Waals surface area contributed by atoms with Gasteiger partial charge in [0.2, 0.25) is 0 Å². The molecule has 0 bridgehead atoms. The van der Waals surface area contributed by atoms with Gasteiger partial charge in [-0.05, 0) is 53.1 Å². The third-order valence-electron chi connectivity index (χ3n) is 7.13. The maximum absolute atomic E-state index is 14.2. The van der Waals surface area contributed by atoms with Gasteiger partial charge >= 0.3 is 0 Å². The molecule has 0 saturated carbocycles. The molecule has 6 rings (SSSR count). The fourth-order valence-electron chi connectivity index (χ4n) is 5.15. The number of carbonyl (C=O) groups is 2. The molecular weight excluding hydrogens is 529 g/mol. The maximum Gasteiger partial charge on any atom is 0.255 e. The number of amides is 2. The molecule has 1 fully saturated rings. The van der Waals surface area contributed by atoms with Crippen LogP contribution in [0.15, 0.2) is 72.2 Å². The second kappa shape index (κ2) is 11.4. The Morgan fingerprint density at radius 1 is 1.05 bits per heavy atom. The first-order valence-corrected chi connectivity index (χ1v) is 13.5. The van der Waals surface area contributed by atoms with Crippen molar-refractivity contribution in [1.82, 2.24) is 15.2 Å². The van der Waals surface area contributed by atoms with Gasteiger partial charge in [-0.3, -0.25) is 14.9 Å². The second-order valence-corrected chi connectivity index (χ2v) is 10.4. The first kappa shape index (κ1) is 27.3. The van der Waals surface area contributed by atoms with E-state index >= 15 is 0 Å². The summed E-state index contributed by atoms with van der Waals surface area (Å²) in [6, 6.07) is 16.1. The topological polar surface area (TPSA) is 97.8 Å². The highest BCUT2D eigenvalue weighted by Gasteiger charge is 2.39. The van der Waals surface area contributed by atoms with Gasteiger partial charge in [0.05, 0.1) is 0 Å². The Hall–Kier alpha value is -4.28. The molecule has 8 nitrogen and oxygen atoms in total. The molecule has 10 heteroatoms. The molecule has 1 saturated heterocycles. The first-order chi connectivity index (χ1) is 19.0. The van der Waals surface area contributed by atoms with Crippen LogP contribution in [-0.2, 0) is 11.3 Å². The van der Waals surface area contributed by atoms with Crippen LogP contribution in [0, 0.1) is 5.82 Å². The van der Waals surface area contributed by atoms with Crippen molar-refractivity contribution in [2.75, 3.05) is 36.4 Å². The van der Waals surface area contributed by atoms with Gasteiger partial charge < -0.3 is 20.2 Å². The van der Waals surface area contributed by atoms with E-state index in [4.69, 9.17) is 0 Å². The number of benzene rings is 3. The smallest absolute Gasteiger partial charge is 0.255 e. The van der Waals surface area contributed by atoms with Crippen LogP contribution in [0.5, 0.6) is 5.75 Å². The number of fused-ring (bicyclic) bond motifs is 1. The molecular formula is C30H30FN5O3S. The molecule has 40 heavy (non-hydrogen) atoms. The molecule has 2 amide bonds. The van der Waals surface area contributed by atoms with E-state index in [2.05, 4.69) is 32.7 Å². The Morgan fingerprint density at radius 3 is 2.52 bits per heavy atom. The molecule has 0 aliphatic carbocycles. The van der Waals surface area contributed by atoms with Crippen LogP contribution >= 0.6 is 11.3 Å². The van der Waals surface area contributed by atoms with Gasteiger partial charge in [-0.2, -0.15) is 0 Å². The number of carbonyl (C=O) groups excluding carboxylic acids is 2. The van der Waals surface area contributed by atoms with Crippen molar-refractivity contribution < 1.29 is 19.1 Å². The summed E-state index contributed by atoms with van der Waals surface area (Å²) in [5.41, 5.74) is 4.25. The molecule has 1 unspecified atom stereocenters. The number of aromatic nitrogens is 1. The van der Waals surface area contributed by atoms with Crippen LogP contribution in [0.25, 0.3) is 11.1 Å². The zero-order chi connectivity index (χ0) is 26.9. The standard InChI is InChI=1S/C29H26FN5O3S.CH4/c30-21-5-8-25(36)24(16-21)26(27(37)33-29-32-11-14-39-29)35-17-20-2-1-19(15-23(20)28(35)38)18-3-6-22(7-4-18)34-12-9-31-10-13-34;/h1-8,11,14-16,26,31,36H,9-10,12-13,17H2,(H,32,33,37);1H4. The number of rotatable bonds is 6. The number of phenolic OH excluding ortho intramolecular Hbond substituents is 1. The van der Waals surface area contributed by atoms with Gasteiger partial charge in [0.1, 0.15) is 17.6 Å². The van der Waals surface area contributed by atoms with Crippen LogP contribution in [0.4, 0.5) is 15.2 Å². The predicted molar refractivity (Wildman–Crippen MR) is 155 cm³/mol. The number of phenols is 1. The molecule has 1 aromatic heterocycles. The summed E-state index contributed by atoms with van der Waals surface area (Å²) in [5.74, 6) is -1.85. The van der Waals surface area contributed by atoms with Gasteiger partial charge in [-0.25, -0.2) is 9.37 Å². The van der Waals surface area contributed by atoms with E-state index < -0.39 is 17.8 Å². The number of nitrogens with zero attached hydrogens (tertiary/aromatic N) is 3. The predicted octanol–water partition coefficient (Wildman–Crippen LogP) is 5.04. The number of hydrogen-bond acceptors (Lipinski definition) is 7. The average Bonchev–Trinajstić information content (AvgIpc) is 3.59. The molecule has 3 N–H and O–H groups in total. The third kappa shape index (κ3) is 5.28. The SMILES string of the molecule is C.O=C(Nc1nccs1)C(c1cc(F)ccc1O)N1Cc2ccc(-c3ccc(N4CCNCC4)cc3)cc2C1=O. The van der Waals surface area contributed by atoms with E-state index in [9.17, 15) is 19.1 Å².